The molecule has 6 aliphatic rings. The van der Waals surface area contributed by atoms with Crippen LogP contribution >= 0.6 is 0 Å². The Labute approximate surface area is 497 Å². The van der Waals surface area contributed by atoms with Gasteiger partial charge in [0.25, 0.3) is 0 Å². The lowest BCUT2D eigenvalue weighted by molar-refractivity contribution is -0.00557. The molecule has 6 fully saturated rings. The molecule has 0 N–H and O–H groups in total. The van der Waals surface area contributed by atoms with Crippen LogP contribution in [0.1, 0.15) is 44.5 Å². The van der Waals surface area contributed by atoms with Gasteiger partial charge in [-0.25, -0.2) is 0 Å². The number of hydrogen-bond donors (Lipinski definition) is 0. The first-order valence-corrected chi connectivity index (χ1v) is 41.9. The van der Waals surface area contributed by atoms with Crippen molar-refractivity contribution in [1.82, 2.24) is 0 Å². The molecule has 6 heterocycles. The lowest BCUT2D eigenvalue weighted by Crippen LogP contribution is -2.87. The lowest BCUT2D eigenvalue weighted by Gasteiger charge is -2.60. The van der Waals surface area contributed by atoms with E-state index in [0.717, 1.165) is 44.5 Å². The summed E-state index contributed by atoms with van der Waals surface area (Å²) >= 11 is 0. The van der Waals surface area contributed by atoms with Crippen LogP contribution in [0.2, 0.25) is 0 Å². The standard InChI is InChI=1S/C64H56O12Si8/c1-9-25-57(26-10-1)41-49-77-65-78(50-42-58-27-11-2-12-28-58)68-81(53-45-61-33-17-5-18-34-61)70-79(66-77,51-43-59-29-13-3-14-30-59)72-83(55-47-63-37-21-7-22-38-63)73-80(67-77,52-44-60-31-15-4-16-32-60)71-82(69-78,54-46-62-35-19-6-20-36-62)75-84(74-81,76-83)56-48-64-39-23-8-24-40-64/h1-56H/b49-41-,50-42+,51-43+,52-44+,53-45+,54-46?,55-47?,56-48+. The molecule has 4 unspecified atom stereocenters. The van der Waals surface area contributed by atoms with Gasteiger partial charge in [-0.3, -0.25) is 0 Å². The van der Waals surface area contributed by atoms with E-state index in [9.17, 15) is 0 Å². The summed E-state index contributed by atoms with van der Waals surface area (Å²) in [5, 5.41) is 0. The van der Waals surface area contributed by atoms with Crippen LogP contribution in [0.3, 0.4) is 0 Å². The van der Waals surface area contributed by atoms with Crippen molar-refractivity contribution >= 4 is 119 Å². The summed E-state index contributed by atoms with van der Waals surface area (Å²) in [7, 11) is -38.2. The highest BCUT2D eigenvalue weighted by Gasteiger charge is 2.82. The van der Waals surface area contributed by atoms with Gasteiger partial charge < -0.3 is 49.4 Å². The maximum Gasteiger partial charge on any atom is 0.508 e. The van der Waals surface area contributed by atoms with Crippen molar-refractivity contribution in [3.63, 3.8) is 0 Å². The van der Waals surface area contributed by atoms with Crippen molar-refractivity contribution in [2.24, 2.45) is 0 Å². The fraction of sp³-hybridized carbons (Fsp3) is 0. The smallest absolute Gasteiger partial charge is 0.367 e. The molecule has 0 amide bonds. The first-order valence-electron chi connectivity index (χ1n) is 27.5. The van der Waals surface area contributed by atoms with Crippen LogP contribution in [0.15, 0.2) is 288 Å². The maximum absolute atomic E-state index is 8.00. The third-order valence-electron chi connectivity index (χ3n) is 13.7. The Balaban J connectivity index is 1.17. The van der Waals surface area contributed by atoms with Crippen LogP contribution in [0.5, 0.6) is 0 Å². The second kappa shape index (κ2) is 24.1. The zero-order valence-corrected chi connectivity index (χ0v) is 53.2. The molecule has 20 heteroatoms. The van der Waals surface area contributed by atoms with Gasteiger partial charge in [0.15, 0.2) is 0 Å². The Morgan fingerprint density at radius 2 is 0.238 bits per heavy atom. The number of hydrogen-bond acceptors (Lipinski definition) is 12. The van der Waals surface area contributed by atoms with E-state index in [1.54, 1.807) is 0 Å². The lowest BCUT2D eigenvalue weighted by atomic mass is 10.2. The van der Waals surface area contributed by atoms with E-state index in [1.165, 1.54) is 0 Å². The van der Waals surface area contributed by atoms with Crippen LogP contribution in [-0.2, 0) is 49.4 Å². The van der Waals surface area contributed by atoms with E-state index in [-0.39, 0.29) is 0 Å². The van der Waals surface area contributed by atoms with Gasteiger partial charge in [-0.05, 0) is 90.1 Å². The summed E-state index contributed by atoms with van der Waals surface area (Å²) in [6.45, 7) is 0. The largest absolute Gasteiger partial charge is 0.508 e. The summed E-state index contributed by atoms with van der Waals surface area (Å²) in [6.07, 6.45) is 15.3. The maximum atomic E-state index is 8.00. The van der Waals surface area contributed by atoms with Gasteiger partial charge in [0.1, 0.15) is 0 Å². The molecule has 6 saturated heterocycles. The van der Waals surface area contributed by atoms with E-state index >= 15 is 0 Å². The van der Waals surface area contributed by atoms with Gasteiger partial charge in [-0.2, -0.15) is 0 Å². The first kappa shape index (κ1) is 56.1. The second-order valence-corrected chi connectivity index (χ2v) is 42.1. The highest BCUT2D eigenvalue weighted by Crippen LogP contribution is 2.51. The van der Waals surface area contributed by atoms with E-state index in [1.807, 2.05) is 337 Å². The minimum Gasteiger partial charge on any atom is -0.367 e. The normalized spacial score (nSPS) is 30.3. The quantitative estimate of drug-likeness (QED) is 0.0859. The monoisotopic (exact) mass is 1240 g/mol. The Hall–Kier alpha value is -7.06. The molecule has 6 aliphatic heterocycles. The summed E-state index contributed by atoms with van der Waals surface area (Å²) in [5.41, 5.74) is 21.2. The molecule has 0 aromatic heterocycles. The predicted octanol–water partition coefficient (Wildman–Crippen LogP) is 13.8. The van der Waals surface area contributed by atoms with E-state index in [0.29, 0.717) is 0 Å². The Morgan fingerprint density at radius 3 is 0.333 bits per heavy atom. The molecule has 0 spiro atoms. The van der Waals surface area contributed by atoms with Crippen molar-refractivity contribution in [3.8, 4) is 0 Å². The number of rotatable bonds is 16. The molecule has 12 nitrogen and oxygen atoms in total. The Morgan fingerprint density at radius 1 is 0.143 bits per heavy atom. The minimum absolute atomic E-state index is 0.824. The zero-order chi connectivity index (χ0) is 56.7. The zero-order valence-electron chi connectivity index (χ0n) is 45.2. The number of benzene rings is 8. The first-order chi connectivity index (χ1) is 41.1. The molecule has 0 aliphatic carbocycles. The molecule has 14 rings (SSSR count). The van der Waals surface area contributed by atoms with Crippen molar-refractivity contribution in [1.29, 1.82) is 0 Å². The van der Waals surface area contributed by atoms with E-state index in [4.69, 9.17) is 49.4 Å². The molecule has 4 atom stereocenters. The molecule has 8 aromatic rings. The summed E-state index contributed by atoms with van der Waals surface area (Å²) in [5.74, 6) is 0. The predicted molar refractivity (Wildman–Crippen MR) is 343 cm³/mol. The van der Waals surface area contributed by atoms with Gasteiger partial charge in [-0.15, -0.1) is 0 Å². The molecular weight excluding hydrogens is 1190 g/mol. The van der Waals surface area contributed by atoms with Gasteiger partial charge in [0, 0.05) is 0 Å². The summed E-state index contributed by atoms with van der Waals surface area (Å²) < 4.78 is 96.0. The SMILES string of the molecule is C(=C[Si]12O[Si]3(/C=C/c4ccccc4)O[Si]4(C=Cc5ccccc5)O[Si](/C=C/c5ccccc5)(O1)O[Si]1(/C=C/c5ccccc5)O[Si](/C=C/c5ccccc5)(O2)O[Si](/C=C\c2ccccc2)(O3)O[Si](/C=C/c2ccccc2)(O4)O1)c1ccccc1. The molecule has 8 bridgehead atoms. The third kappa shape index (κ3) is 13.1. The van der Waals surface area contributed by atoms with Crippen molar-refractivity contribution in [3.05, 3.63) is 333 Å². The van der Waals surface area contributed by atoms with Crippen molar-refractivity contribution in [2.45, 2.75) is 0 Å². The molecule has 416 valence electrons. The molecular formula is C64H56O12Si8. The van der Waals surface area contributed by atoms with Crippen molar-refractivity contribution < 1.29 is 49.4 Å². The van der Waals surface area contributed by atoms with Crippen LogP contribution < -0.4 is 0 Å². The second-order valence-electron chi connectivity index (χ2n) is 20.0. The van der Waals surface area contributed by atoms with Crippen LogP contribution in [-0.4, -0.2) is 70.4 Å². The fourth-order valence-corrected chi connectivity index (χ4v) is 51.5. The van der Waals surface area contributed by atoms with Crippen LogP contribution in [0, 0.1) is 0 Å². The van der Waals surface area contributed by atoms with Crippen molar-refractivity contribution in [2.75, 3.05) is 0 Å². The van der Waals surface area contributed by atoms with E-state index in [2.05, 4.69) is 0 Å². The topological polar surface area (TPSA) is 111 Å². The summed E-state index contributed by atoms with van der Waals surface area (Å²) in [6, 6.07) is 78.7. The van der Waals surface area contributed by atoms with Crippen LogP contribution in [0.25, 0.3) is 48.6 Å². The molecule has 8 aromatic carbocycles. The Kier molecular flexibility index (Phi) is 16.1. The minimum atomic E-state index is -4.78. The third-order valence-corrected chi connectivity index (χ3v) is 45.6. The molecule has 0 radical (unpaired) electrons. The average molecular weight is 1240 g/mol. The summed E-state index contributed by atoms with van der Waals surface area (Å²) in [4.78, 5) is 0. The highest BCUT2D eigenvalue weighted by atomic mass is 28.6. The van der Waals surface area contributed by atoms with E-state index < -0.39 is 70.4 Å². The highest BCUT2D eigenvalue weighted by molar-refractivity contribution is 7.08. The average Bonchev–Trinajstić information content (AvgIpc) is 0.791. The van der Waals surface area contributed by atoms with Crippen LogP contribution in [0.4, 0.5) is 0 Å². The van der Waals surface area contributed by atoms with Gasteiger partial charge in [0.05, 0.1) is 0 Å². The van der Waals surface area contributed by atoms with Gasteiger partial charge in [0.2, 0.25) is 0 Å². The molecule has 0 saturated carbocycles. The Bertz CT molecular complexity index is 2970. The molecule has 84 heavy (non-hydrogen) atoms. The van der Waals surface area contributed by atoms with Gasteiger partial charge in [-0.1, -0.05) is 291 Å². The fourth-order valence-electron chi connectivity index (χ4n) is 9.80. The van der Waals surface area contributed by atoms with Gasteiger partial charge >= 0.3 is 70.4 Å².